The van der Waals surface area contributed by atoms with Crippen LogP contribution in [-0.4, -0.2) is 0 Å². The lowest BCUT2D eigenvalue weighted by atomic mass is 9.82. The van der Waals surface area contributed by atoms with Gasteiger partial charge in [0, 0.05) is 38.7 Å². The van der Waals surface area contributed by atoms with E-state index in [0.717, 1.165) is 44.6 Å². The third-order valence-corrected chi connectivity index (χ3v) is 11.5. The van der Waals surface area contributed by atoms with Crippen LogP contribution in [0.25, 0.3) is 55.3 Å². The van der Waals surface area contributed by atoms with Crippen molar-refractivity contribution < 1.29 is 4.42 Å². The van der Waals surface area contributed by atoms with Crippen LogP contribution >= 0.6 is 0 Å². The molecule has 10 rings (SSSR count). The molecule has 0 saturated carbocycles. The predicted molar refractivity (Wildman–Crippen MR) is 209 cm³/mol. The smallest absolute Gasteiger partial charge is 0.136 e. The molecule has 0 atom stereocenters. The highest BCUT2D eigenvalue weighted by Gasteiger charge is 2.37. The summed E-state index contributed by atoms with van der Waals surface area (Å²) in [6.07, 6.45) is 0. The van der Waals surface area contributed by atoms with Crippen molar-refractivity contribution >= 4 is 39.0 Å². The average molecular weight is 644 g/mol. The Labute approximate surface area is 293 Å². The fraction of sp³-hybridized carbons (Fsp3) is 0.125. The number of hydrogen-bond acceptors (Lipinski definition) is 2. The molecule has 1 heterocycles. The van der Waals surface area contributed by atoms with Crippen molar-refractivity contribution in [3.63, 3.8) is 0 Å². The lowest BCUT2D eigenvalue weighted by molar-refractivity contribution is 0.660. The Kier molecular flexibility index (Phi) is 6.01. The van der Waals surface area contributed by atoms with Gasteiger partial charge in [-0.05, 0) is 104 Å². The molecule has 2 aliphatic carbocycles. The largest absolute Gasteiger partial charge is 0.456 e. The molecule has 0 saturated heterocycles. The van der Waals surface area contributed by atoms with Crippen molar-refractivity contribution in [3.05, 3.63) is 174 Å². The Morgan fingerprint density at radius 3 is 1.78 bits per heavy atom. The van der Waals surface area contributed by atoms with Gasteiger partial charge in [-0.1, -0.05) is 131 Å². The Hall–Kier alpha value is -5.86. The molecular weight excluding hydrogens is 607 g/mol. The van der Waals surface area contributed by atoms with Crippen molar-refractivity contribution in [3.8, 4) is 33.4 Å². The molecule has 0 amide bonds. The third-order valence-electron chi connectivity index (χ3n) is 11.5. The molecule has 0 fully saturated rings. The molecule has 0 radical (unpaired) electrons. The molecule has 0 bridgehead atoms. The summed E-state index contributed by atoms with van der Waals surface area (Å²) in [4.78, 5) is 2.45. The summed E-state index contributed by atoms with van der Waals surface area (Å²) in [7, 11) is 0. The van der Waals surface area contributed by atoms with Gasteiger partial charge in [-0.2, -0.15) is 0 Å². The maximum atomic E-state index is 6.30. The first-order valence-electron chi connectivity index (χ1n) is 17.6. The Balaban J connectivity index is 1.19. The first-order chi connectivity index (χ1) is 24.3. The van der Waals surface area contributed by atoms with Crippen LogP contribution in [-0.2, 0) is 10.8 Å². The highest BCUT2D eigenvalue weighted by Crippen LogP contribution is 2.53. The molecule has 50 heavy (non-hydrogen) atoms. The van der Waals surface area contributed by atoms with E-state index in [2.05, 4.69) is 178 Å². The average Bonchev–Trinajstić information content (AvgIpc) is 3.72. The van der Waals surface area contributed by atoms with Gasteiger partial charge in [0.25, 0.3) is 0 Å². The minimum absolute atomic E-state index is 0.0510. The minimum atomic E-state index is -0.103. The first-order valence-corrected chi connectivity index (χ1v) is 17.6. The van der Waals surface area contributed by atoms with Crippen molar-refractivity contribution in [2.45, 2.75) is 38.5 Å². The van der Waals surface area contributed by atoms with Crippen LogP contribution in [0.4, 0.5) is 17.1 Å². The molecule has 0 aliphatic heterocycles. The van der Waals surface area contributed by atoms with E-state index in [4.69, 9.17) is 4.42 Å². The third kappa shape index (κ3) is 4.02. The number of anilines is 3. The van der Waals surface area contributed by atoms with Crippen LogP contribution < -0.4 is 4.90 Å². The predicted octanol–water partition coefficient (Wildman–Crippen LogP) is 13.3. The topological polar surface area (TPSA) is 16.4 Å². The van der Waals surface area contributed by atoms with Gasteiger partial charge < -0.3 is 9.32 Å². The van der Waals surface area contributed by atoms with Gasteiger partial charge in [0.1, 0.15) is 11.2 Å². The Morgan fingerprint density at radius 2 is 0.960 bits per heavy atom. The summed E-state index contributed by atoms with van der Waals surface area (Å²) in [5.41, 5.74) is 18.2. The zero-order valence-electron chi connectivity index (χ0n) is 28.8. The zero-order chi connectivity index (χ0) is 33.8. The van der Waals surface area contributed by atoms with Crippen LogP contribution in [0.2, 0.25) is 0 Å². The molecule has 0 N–H and O–H groups in total. The van der Waals surface area contributed by atoms with Crippen molar-refractivity contribution in [2.24, 2.45) is 0 Å². The van der Waals surface area contributed by atoms with Crippen molar-refractivity contribution in [1.82, 2.24) is 0 Å². The maximum Gasteiger partial charge on any atom is 0.136 e. The minimum Gasteiger partial charge on any atom is -0.456 e. The normalized spacial score (nSPS) is 14.7. The van der Waals surface area contributed by atoms with E-state index < -0.39 is 0 Å². The Morgan fingerprint density at radius 1 is 0.400 bits per heavy atom. The molecule has 2 heteroatoms. The number of nitrogens with zero attached hydrogens (tertiary/aromatic N) is 1. The number of rotatable bonds is 4. The molecule has 2 aliphatic rings. The molecule has 7 aromatic carbocycles. The second-order valence-corrected chi connectivity index (χ2v) is 15.0. The lowest BCUT2D eigenvalue weighted by Gasteiger charge is -2.29. The summed E-state index contributed by atoms with van der Waals surface area (Å²) >= 11 is 0. The summed E-state index contributed by atoms with van der Waals surface area (Å²) in [6.45, 7) is 9.41. The highest BCUT2D eigenvalue weighted by atomic mass is 16.3. The zero-order valence-corrected chi connectivity index (χ0v) is 28.8. The van der Waals surface area contributed by atoms with Gasteiger partial charge in [-0.3, -0.25) is 0 Å². The van der Waals surface area contributed by atoms with E-state index in [1.807, 2.05) is 6.07 Å². The monoisotopic (exact) mass is 643 g/mol. The standard InChI is InChI=1S/C48H37NO/c1-47(2)41-20-9-6-16-36(41)39-28-32(24-26-42(39)47)49(33-23-25-37-35-15-5-8-19-40(35)48(3,4)43(37)29-33)31-14-11-13-30(27-31)34-18-12-22-45-46(34)38-17-7-10-21-44(38)50-45/h5-29H,1-4H3. The van der Waals surface area contributed by atoms with E-state index >= 15 is 0 Å². The second kappa shape index (κ2) is 10.3. The number of benzene rings is 7. The molecular formula is C48H37NO. The summed E-state index contributed by atoms with van der Waals surface area (Å²) in [6, 6.07) is 55.7. The quantitative estimate of drug-likeness (QED) is 0.190. The van der Waals surface area contributed by atoms with Gasteiger partial charge >= 0.3 is 0 Å². The van der Waals surface area contributed by atoms with E-state index in [-0.39, 0.29) is 10.8 Å². The highest BCUT2D eigenvalue weighted by molar-refractivity contribution is 6.12. The van der Waals surface area contributed by atoms with Crippen molar-refractivity contribution in [1.29, 1.82) is 0 Å². The number of furan rings is 1. The Bertz CT molecular complexity index is 2670. The van der Waals surface area contributed by atoms with Crippen LogP contribution in [0.15, 0.2) is 156 Å². The molecule has 8 aromatic rings. The summed E-state index contributed by atoms with van der Waals surface area (Å²) < 4.78 is 6.30. The lowest BCUT2D eigenvalue weighted by Crippen LogP contribution is -2.17. The summed E-state index contributed by atoms with van der Waals surface area (Å²) in [5.74, 6) is 0. The summed E-state index contributed by atoms with van der Waals surface area (Å²) in [5, 5.41) is 2.29. The van der Waals surface area contributed by atoms with E-state index in [1.165, 1.54) is 50.1 Å². The molecule has 1 aromatic heterocycles. The second-order valence-electron chi connectivity index (χ2n) is 15.0. The molecule has 240 valence electrons. The van der Waals surface area contributed by atoms with E-state index in [0.29, 0.717) is 0 Å². The molecule has 0 unspecified atom stereocenters. The number of fused-ring (bicyclic) bond motifs is 9. The van der Waals surface area contributed by atoms with Crippen LogP contribution in [0.1, 0.15) is 49.9 Å². The van der Waals surface area contributed by atoms with Crippen LogP contribution in [0.5, 0.6) is 0 Å². The van der Waals surface area contributed by atoms with E-state index in [1.54, 1.807) is 0 Å². The fourth-order valence-corrected chi connectivity index (χ4v) is 8.95. The molecule has 2 nitrogen and oxygen atoms in total. The van der Waals surface area contributed by atoms with Gasteiger partial charge in [-0.15, -0.1) is 0 Å². The first kappa shape index (κ1) is 29.1. The van der Waals surface area contributed by atoms with Gasteiger partial charge in [-0.25, -0.2) is 0 Å². The van der Waals surface area contributed by atoms with Crippen LogP contribution in [0, 0.1) is 0 Å². The maximum absolute atomic E-state index is 6.30. The van der Waals surface area contributed by atoms with Crippen LogP contribution in [0.3, 0.4) is 0 Å². The number of para-hydroxylation sites is 1. The number of hydrogen-bond donors (Lipinski definition) is 0. The fourth-order valence-electron chi connectivity index (χ4n) is 8.95. The van der Waals surface area contributed by atoms with Gasteiger partial charge in [0.05, 0.1) is 0 Å². The van der Waals surface area contributed by atoms with E-state index in [9.17, 15) is 0 Å². The van der Waals surface area contributed by atoms with Crippen molar-refractivity contribution in [2.75, 3.05) is 4.90 Å². The van der Waals surface area contributed by atoms with Gasteiger partial charge in [0.2, 0.25) is 0 Å². The SMILES string of the molecule is CC1(C)c2ccccc2-c2cc(N(c3cccc(-c4cccc5oc6ccccc6c45)c3)c3ccc4c(c3)C(C)(C)c3ccccc3-4)ccc21. The molecule has 0 spiro atoms. The van der Waals surface area contributed by atoms with Gasteiger partial charge in [0.15, 0.2) is 0 Å².